The van der Waals surface area contributed by atoms with Crippen molar-refractivity contribution in [2.24, 2.45) is 0 Å². The quantitative estimate of drug-likeness (QED) is 0.828. The number of ether oxygens (including phenoxy) is 1. The molecule has 0 aromatic heterocycles. The van der Waals surface area contributed by atoms with Crippen LogP contribution in [0.1, 0.15) is 23.6 Å². The van der Waals surface area contributed by atoms with Gasteiger partial charge in [-0.25, -0.2) is 0 Å². The number of benzene rings is 2. The van der Waals surface area contributed by atoms with Crippen LogP contribution in [-0.2, 0) is 13.0 Å². The summed E-state index contributed by atoms with van der Waals surface area (Å²) < 4.78 is 5.80. The van der Waals surface area contributed by atoms with Crippen molar-refractivity contribution in [3.8, 4) is 5.75 Å². The number of anilines is 1. The monoisotopic (exact) mass is 241 g/mol. The van der Waals surface area contributed by atoms with Crippen LogP contribution in [0.5, 0.6) is 5.75 Å². The van der Waals surface area contributed by atoms with Gasteiger partial charge in [0.1, 0.15) is 12.4 Å². The van der Waals surface area contributed by atoms with Crippen LogP contribution in [0.4, 0.5) is 5.69 Å². The van der Waals surface area contributed by atoms with Crippen molar-refractivity contribution in [2.45, 2.75) is 26.9 Å². The minimum atomic E-state index is 0.555. The Morgan fingerprint density at radius 1 is 1.00 bits per heavy atom. The molecule has 0 aliphatic heterocycles. The maximum atomic E-state index is 5.91. The number of hydrogen-bond donors (Lipinski definition) is 1. The first-order valence-electron chi connectivity index (χ1n) is 6.26. The molecule has 0 atom stereocenters. The second-order valence-corrected chi connectivity index (χ2v) is 4.45. The summed E-state index contributed by atoms with van der Waals surface area (Å²) in [6, 6.07) is 14.3. The highest BCUT2D eigenvalue weighted by molar-refractivity contribution is 5.56. The van der Waals surface area contributed by atoms with Crippen molar-refractivity contribution in [3.63, 3.8) is 0 Å². The van der Waals surface area contributed by atoms with E-state index in [9.17, 15) is 0 Å². The zero-order chi connectivity index (χ0) is 13.0. The van der Waals surface area contributed by atoms with Crippen molar-refractivity contribution in [1.29, 1.82) is 0 Å². The third-order valence-corrected chi connectivity index (χ3v) is 3.06. The van der Waals surface area contributed by atoms with Crippen LogP contribution in [0.2, 0.25) is 0 Å². The summed E-state index contributed by atoms with van der Waals surface area (Å²) in [6.45, 7) is 4.71. The Balaban J connectivity index is 2.06. The number of nitrogen functional groups attached to an aromatic ring is 1. The highest BCUT2D eigenvalue weighted by Crippen LogP contribution is 2.26. The lowest BCUT2D eigenvalue weighted by atomic mass is 10.1. The Kier molecular flexibility index (Phi) is 3.88. The van der Waals surface area contributed by atoms with Crippen LogP contribution >= 0.6 is 0 Å². The second kappa shape index (κ2) is 5.58. The van der Waals surface area contributed by atoms with E-state index in [4.69, 9.17) is 10.5 Å². The number of hydrogen-bond acceptors (Lipinski definition) is 2. The van der Waals surface area contributed by atoms with Crippen LogP contribution in [0.15, 0.2) is 42.5 Å². The third kappa shape index (κ3) is 2.83. The van der Waals surface area contributed by atoms with Crippen molar-refractivity contribution in [2.75, 3.05) is 5.73 Å². The molecule has 18 heavy (non-hydrogen) atoms. The molecule has 0 bridgehead atoms. The van der Waals surface area contributed by atoms with Gasteiger partial charge < -0.3 is 10.5 Å². The van der Waals surface area contributed by atoms with Crippen LogP contribution in [0.25, 0.3) is 0 Å². The highest BCUT2D eigenvalue weighted by atomic mass is 16.5. The van der Waals surface area contributed by atoms with Gasteiger partial charge in [-0.2, -0.15) is 0 Å². The first-order chi connectivity index (χ1) is 8.70. The summed E-state index contributed by atoms with van der Waals surface area (Å²) in [5, 5.41) is 0. The smallest absolute Gasteiger partial charge is 0.145 e. The lowest BCUT2D eigenvalue weighted by molar-refractivity contribution is 0.306. The van der Waals surface area contributed by atoms with Gasteiger partial charge in [0.15, 0.2) is 0 Å². The Labute approximate surface area is 108 Å². The molecule has 2 aromatic carbocycles. The highest BCUT2D eigenvalue weighted by Gasteiger charge is 2.04. The molecular formula is C16H19NO. The SMILES string of the molecule is CCc1ccc(COc2c(C)cccc2N)cc1. The zero-order valence-electron chi connectivity index (χ0n) is 10.9. The van der Waals surface area contributed by atoms with Gasteiger partial charge in [0.05, 0.1) is 5.69 Å². The predicted molar refractivity (Wildman–Crippen MR) is 75.7 cm³/mol. The maximum Gasteiger partial charge on any atom is 0.145 e. The maximum absolute atomic E-state index is 5.91. The molecule has 0 radical (unpaired) electrons. The minimum Gasteiger partial charge on any atom is -0.486 e. The van der Waals surface area contributed by atoms with Gasteiger partial charge in [-0.1, -0.05) is 43.3 Å². The van der Waals surface area contributed by atoms with Gasteiger partial charge >= 0.3 is 0 Å². The zero-order valence-corrected chi connectivity index (χ0v) is 10.9. The number of aryl methyl sites for hydroxylation is 2. The summed E-state index contributed by atoms with van der Waals surface area (Å²) >= 11 is 0. The van der Waals surface area contributed by atoms with E-state index in [2.05, 4.69) is 31.2 Å². The van der Waals surface area contributed by atoms with E-state index >= 15 is 0 Å². The minimum absolute atomic E-state index is 0.555. The summed E-state index contributed by atoms with van der Waals surface area (Å²) in [4.78, 5) is 0. The van der Waals surface area contributed by atoms with Gasteiger partial charge in [0.25, 0.3) is 0 Å². The van der Waals surface area contributed by atoms with E-state index < -0.39 is 0 Å². The first-order valence-corrected chi connectivity index (χ1v) is 6.26. The molecule has 0 fully saturated rings. The van der Waals surface area contributed by atoms with Crippen molar-refractivity contribution in [3.05, 3.63) is 59.2 Å². The van der Waals surface area contributed by atoms with E-state index in [-0.39, 0.29) is 0 Å². The topological polar surface area (TPSA) is 35.2 Å². The van der Waals surface area contributed by atoms with Crippen LogP contribution in [0.3, 0.4) is 0 Å². The van der Waals surface area contributed by atoms with Crippen molar-refractivity contribution < 1.29 is 4.74 Å². The Morgan fingerprint density at radius 3 is 2.28 bits per heavy atom. The third-order valence-electron chi connectivity index (χ3n) is 3.06. The summed E-state index contributed by atoms with van der Waals surface area (Å²) in [7, 11) is 0. The molecule has 0 saturated carbocycles. The second-order valence-electron chi connectivity index (χ2n) is 4.45. The van der Waals surface area contributed by atoms with Gasteiger partial charge in [-0.15, -0.1) is 0 Å². The Hall–Kier alpha value is -1.96. The first kappa shape index (κ1) is 12.5. The molecule has 0 saturated heterocycles. The van der Waals surface area contributed by atoms with Gasteiger partial charge in [-0.3, -0.25) is 0 Å². The lowest BCUT2D eigenvalue weighted by Crippen LogP contribution is -2.00. The van der Waals surface area contributed by atoms with Gasteiger partial charge in [-0.05, 0) is 36.1 Å². The summed E-state index contributed by atoms with van der Waals surface area (Å²) in [5.74, 6) is 0.789. The molecule has 0 amide bonds. The molecule has 2 nitrogen and oxygen atoms in total. The largest absolute Gasteiger partial charge is 0.486 e. The summed E-state index contributed by atoms with van der Waals surface area (Å²) in [6.07, 6.45) is 1.06. The van der Waals surface area contributed by atoms with E-state index in [0.29, 0.717) is 12.3 Å². The molecular weight excluding hydrogens is 222 g/mol. The Morgan fingerprint density at radius 2 is 1.67 bits per heavy atom. The molecule has 2 aromatic rings. The fourth-order valence-electron chi connectivity index (χ4n) is 1.90. The van der Waals surface area contributed by atoms with E-state index in [0.717, 1.165) is 23.3 Å². The number of para-hydroxylation sites is 1. The average Bonchev–Trinajstić information content (AvgIpc) is 2.39. The van der Waals surface area contributed by atoms with Crippen LogP contribution in [0, 0.1) is 6.92 Å². The molecule has 2 N–H and O–H groups in total. The molecule has 2 heteroatoms. The molecule has 0 spiro atoms. The standard InChI is InChI=1S/C16H19NO/c1-3-13-7-9-14(10-8-13)11-18-16-12(2)5-4-6-15(16)17/h4-10H,3,11,17H2,1-2H3. The van der Waals surface area contributed by atoms with Gasteiger partial charge in [0.2, 0.25) is 0 Å². The molecule has 0 aliphatic rings. The number of nitrogens with two attached hydrogens (primary N) is 1. The molecule has 2 rings (SSSR count). The molecule has 0 unspecified atom stereocenters. The summed E-state index contributed by atoms with van der Waals surface area (Å²) in [5.41, 5.74) is 10.2. The molecule has 0 aliphatic carbocycles. The van der Waals surface area contributed by atoms with Crippen LogP contribution in [-0.4, -0.2) is 0 Å². The average molecular weight is 241 g/mol. The van der Waals surface area contributed by atoms with Gasteiger partial charge in [0, 0.05) is 0 Å². The lowest BCUT2D eigenvalue weighted by Gasteiger charge is -2.11. The van der Waals surface area contributed by atoms with Crippen LogP contribution < -0.4 is 10.5 Å². The molecule has 94 valence electrons. The van der Waals surface area contributed by atoms with E-state index in [1.807, 2.05) is 25.1 Å². The van der Waals surface area contributed by atoms with Crippen molar-refractivity contribution >= 4 is 5.69 Å². The van der Waals surface area contributed by atoms with E-state index in [1.54, 1.807) is 0 Å². The molecule has 0 heterocycles. The van der Waals surface area contributed by atoms with Crippen molar-refractivity contribution in [1.82, 2.24) is 0 Å². The fourth-order valence-corrected chi connectivity index (χ4v) is 1.90. The van der Waals surface area contributed by atoms with E-state index in [1.165, 1.54) is 5.56 Å². The normalized spacial score (nSPS) is 10.3. The fraction of sp³-hybridized carbons (Fsp3) is 0.250. The predicted octanol–water partition coefficient (Wildman–Crippen LogP) is 3.72. The Bertz CT molecular complexity index is 497. The number of rotatable bonds is 4.